The van der Waals surface area contributed by atoms with Gasteiger partial charge in [-0.2, -0.15) is 10.1 Å². The van der Waals surface area contributed by atoms with Crippen LogP contribution in [0.1, 0.15) is 17.2 Å². The number of urea groups is 1. The minimum Gasteiger partial charge on any atom is -0.439 e. The Morgan fingerprint density at radius 1 is 1.03 bits per heavy atom. The van der Waals surface area contributed by atoms with Gasteiger partial charge in [0.15, 0.2) is 5.82 Å². The number of hydrogen-bond acceptors (Lipinski definition) is 6. The zero-order valence-electron chi connectivity index (χ0n) is 16.7. The standard InChI is InChI=1S/C21H20N6O2S/c1-13-11-14(2)27(26-13)18-12-19(23-15(3)22-18)29-17-8-6-16(7-9-17)24-21(28)25-20-5-4-10-30-20/h4-12H,1-3H3,(H2,24,25,28). The fourth-order valence-electron chi connectivity index (χ4n) is 2.90. The van der Waals surface area contributed by atoms with E-state index in [1.54, 1.807) is 41.9 Å². The maximum absolute atomic E-state index is 12.0. The Kier molecular flexibility index (Phi) is 5.44. The van der Waals surface area contributed by atoms with Crippen LogP contribution in [0, 0.1) is 20.8 Å². The predicted molar refractivity (Wildman–Crippen MR) is 117 cm³/mol. The molecule has 2 amide bonds. The van der Waals surface area contributed by atoms with Gasteiger partial charge < -0.3 is 10.1 Å². The van der Waals surface area contributed by atoms with E-state index in [2.05, 4.69) is 25.7 Å². The topological polar surface area (TPSA) is 94.0 Å². The van der Waals surface area contributed by atoms with Crippen molar-refractivity contribution in [3.8, 4) is 17.4 Å². The molecule has 0 unspecified atom stereocenters. The fourth-order valence-corrected chi connectivity index (χ4v) is 3.51. The first-order valence-corrected chi connectivity index (χ1v) is 10.1. The zero-order chi connectivity index (χ0) is 21.1. The highest BCUT2D eigenvalue weighted by molar-refractivity contribution is 7.14. The highest BCUT2D eigenvalue weighted by atomic mass is 32.1. The first-order valence-electron chi connectivity index (χ1n) is 9.25. The lowest BCUT2D eigenvalue weighted by Gasteiger charge is -2.10. The summed E-state index contributed by atoms with van der Waals surface area (Å²) in [7, 11) is 0. The molecule has 0 aliphatic heterocycles. The highest BCUT2D eigenvalue weighted by Crippen LogP contribution is 2.24. The van der Waals surface area contributed by atoms with Crippen LogP contribution in [-0.2, 0) is 0 Å². The number of rotatable bonds is 5. The number of ether oxygens (including phenoxy) is 1. The van der Waals surface area contributed by atoms with E-state index in [1.165, 1.54) is 11.3 Å². The molecule has 2 N–H and O–H groups in total. The molecule has 3 heterocycles. The number of nitrogens with one attached hydrogen (secondary N) is 2. The minimum atomic E-state index is -0.299. The molecule has 30 heavy (non-hydrogen) atoms. The molecule has 4 rings (SSSR count). The van der Waals surface area contributed by atoms with Crippen LogP contribution >= 0.6 is 11.3 Å². The SMILES string of the molecule is Cc1cc(C)n(-c2cc(Oc3ccc(NC(=O)Nc4cccs4)cc3)nc(C)n2)n1. The molecule has 4 aromatic rings. The number of carbonyl (C=O) groups excluding carboxylic acids is 1. The predicted octanol–water partition coefficient (Wildman–Crippen LogP) is 5.09. The van der Waals surface area contributed by atoms with E-state index < -0.39 is 0 Å². The van der Waals surface area contributed by atoms with Crippen LogP contribution in [0.25, 0.3) is 5.82 Å². The van der Waals surface area contributed by atoms with Gasteiger partial charge in [0.05, 0.1) is 10.7 Å². The molecule has 0 saturated carbocycles. The number of carbonyl (C=O) groups is 1. The number of aromatic nitrogens is 4. The summed E-state index contributed by atoms with van der Waals surface area (Å²) < 4.78 is 7.65. The Morgan fingerprint density at radius 2 is 1.83 bits per heavy atom. The average Bonchev–Trinajstić information content (AvgIpc) is 3.32. The molecule has 0 saturated heterocycles. The monoisotopic (exact) mass is 420 g/mol. The number of aryl methyl sites for hydroxylation is 3. The Hall–Kier alpha value is -3.72. The lowest BCUT2D eigenvalue weighted by molar-refractivity contribution is 0.262. The average molecular weight is 420 g/mol. The first-order chi connectivity index (χ1) is 14.5. The summed E-state index contributed by atoms with van der Waals surface area (Å²) in [6, 6.07) is 14.2. The summed E-state index contributed by atoms with van der Waals surface area (Å²) in [4.78, 5) is 20.8. The second-order valence-corrected chi connectivity index (χ2v) is 7.58. The van der Waals surface area contributed by atoms with Gasteiger partial charge in [0, 0.05) is 17.4 Å². The lowest BCUT2D eigenvalue weighted by atomic mass is 10.3. The second kappa shape index (κ2) is 8.34. The fraction of sp³-hybridized carbons (Fsp3) is 0.143. The summed E-state index contributed by atoms with van der Waals surface area (Å²) in [5.41, 5.74) is 2.55. The van der Waals surface area contributed by atoms with Gasteiger partial charge in [-0.25, -0.2) is 14.5 Å². The van der Waals surface area contributed by atoms with Crippen molar-refractivity contribution in [1.29, 1.82) is 0 Å². The lowest BCUT2D eigenvalue weighted by Crippen LogP contribution is -2.18. The highest BCUT2D eigenvalue weighted by Gasteiger charge is 2.10. The molecular formula is C21H20N6O2S. The Balaban J connectivity index is 1.45. The zero-order valence-corrected chi connectivity index (χ0v) is 17.5. The van der Waals surface area contributed by atoms with Crippen LogP contribution in [0.3, 0.4) is 0 Å². The Morgan fingerprint density at radius 3 is 2.50 bits per heavy atom. The van der Waals surface area contributed by atoms with Gasteiger partial charge in [0.2, 0.25) is 5.88 Å². The number of anilines is 2. The molecule has 3 aromatic heterocycles. The van der Waals surface area contributed by atoms with Crippen molar-refractivity contribution in [2.75, 3.05) is 10.6 Å². The maximum atomic E-state index is 12.0. The second-order valence-electron chi connectivity index (χ2n) is 6.63. The van der Waals surface area contributed by atoms with E-state index in [0.717, 1.165) is 16.4 Å². The summed E-state index contributed by atoms with van der Waals surface area (Å²) in [6.45, 7) is 5.71. The van der Waals surface area contributed by atoms with Gasteiger partial charge in [0.25, 0.3) is 0 Å². The molecule has 0 radical (unpaired) electrons. The van der Waals surface area contributed by atoms with E-state index >= 15 is 0 Å². The molecule has 0 fully saturated rings. The molecule has 0 aliphatic rings. The third-order valence-corrected chi connectivity index (χ3v) is 4.91. The van der Waals surface area contributed by atoms with Crippen molar-refractivity contribution >= 4 is 28.1 Å². The van der Waals surface area contributed by atoms with Crippen molar-refractivity contribution in [2.24, 2.45) is 0 Å². The van der Waals surface area contributed by atoms with Gasteiger partial charge in [0.1, 0.15) is 11.6 Å². The quantitative estimate of drug-likeness (QED) is 0.469. The Bertz CT molecular complexity index is 1170. The summed E-state index contributed by atoms with van der Waals surface area (Å²) >= 11 is 1.46. The molecule has 0 aliphatic carbocycles. The summed E-state index contributed by atoms with van der Waals surface area (Å²) in [5, 5.41) is 12.7. The van der Waals surface area contributed by atoms with Crippen LogP contribution in [0.4, 0.5) is 15.5 Å². The van der Waals surface area contributed by atoms with Gasteiger partial charge in [-0.1, -0.05) is 0 Å². The normalized spacial score (nSPS) is 10.6. The van der Waals surface area contributed by atoms with Crippen molar-refractivity contribution in [3.63, 3.8) is 0 Å². The van der Waals surface area contributed by atoms with Gasteiger partial charge in [-0.15, -0.1) is 11.3 Å². The van der Waals surface area contributed by atoms with Crippen molar-refractivity contribution in [2.45, 2.75) is 20.8 Å². The van der Waals surface area contributed by atoms with E-state index in [4.69, 9.17) is 4.74 Å². The van der Waals surface area contributed by atoms with E-state index in [9.17, 15) is 4.79 Å². The molecule has 9 heteroatoms. The van der Waals surface area contributed by atoms with E-state index in [-0.39, 0.29) is 6.03 Å². The van der Waals surface area contributed by atoms with Crippen molar-refractivity contribution in [1.82, 2.24) is 19.7 Å². The smallest absolute Gasteiger partial charge is 0.324 e. The van der Waals surface area contributed by atoms with Crippen molar-refractivity contribution < 1.29 is 9.53 Å². The third-order valence-electron chi connectivity index (χ3n) is 4.12. The van der Waals surface area contributed by atoms with Gasteiger partial charge in [-0.3, -0.25) is 5.32 Å². The number of amides is 2. The number of hydrogen-bond donors (Lipinski definition) is 2. The van der Waals surface area contributed by atoms with Crippen LogP contribution in [-0.4, -0.2) is 25.8 Å². The minimum absolute atomic E-state index is 0.299. The molecule has 0 atom stereocenters. The molecule has 8 nitrogen and oxygen atoms in total. The van der Waals surface area contributed by atoms with E-state index in [1.807, 2.05) is 37.4 Å². The molecule has 1 aromatic carbocycles. The number of benzene rings is 1. The largest absolute Gasteiger partial charge is 0.439 e. The van der Waals surface area contributed by atoms with E-state index in [0.29, 0.717) is 29.0 Å². The summed E-state index contributed by atoms with van der Waals surface area (Å²) in [6.07, 6.45) is 0. The third kappa shape index (κ3) is 4.64. The van der Waals surface area contributed by atoms with Gasteiger partial charge >= 0.3 is 6.03 Å². The molecule has 0 spiro atoms. The van der Waals surface area contributed by atoms with Crippen LogP contribution in [0.5, 0.6) is 11.6 Å². The van der Waals surface area contributed by atoms with Crippen molar-refractivity contribution in [3.05, 3.63) is 71.1 Å². The first kappa shape index (κ1) is 19.6. The van der Waals surface area contributed by atoms with Crippen LogP contribution < -0.4 is 15.4 Å². The molecular weight excluding hydrogens is 400 g/mol. The number of nitrogens with zero attached hydrogens (tertiary/aromatic N) is 4. The summed E-state index contributed by atoms with van der Waals surface area (Å²) in [5.74, 6) is 2.24. The van der Waals surface area contributed by atoms with Crippen LogP contribution in [0.15, 0.2) is 53.9 Å². The Labute approximate surface area is 177 Å². The molecule has 0 bridgehead atoms. The maximum Gasteiger partial charge on any atom is 0.324 e. The van der Waals surface area contributed by atoms with Gasteiger partial charge in [-0.05, 0) is 68.6 Å². The number of thiophene rings is 1. The molecule has 152 valence electrons. The van der Waals surface area contributed by atoms with Crippen LogP contribution in [0.2, 0.25) is 0 Å².